The molecule has 6 heteroatoms. The second kappa shape index (κ2) is 9.36. The molecule has 138 valence electrons. The van der Waals surface area contributed by atoms with Gasteiger partial charge in [0.15, 0.2) is 0 Å². The highest BCUT2D eigenvalue weighted by Crippen LogP contribution is 2.19. The monoisotopic (exact) mass is 373 g/mol. The van der Waals surface area contributed by atoms with Gasteiger partial charge in [-0.3, -0.25) is 14.5 Å². The van der Waals surface area contributed by atoms with Gasteiger partial charge >= 0.3 is 0 Å². The van der Waals surface area contributed by atoms with E-state index in [1.165, 1.54) is 0 Å². The summed E-state index contributed by atoms with van der Waals surface area (Å²) in [6, 6.07) is 14.4. The summed E-state index contributed by atoms with van der Waals surface area (Å²) in [4.78, 5) is 26.5. The molecule has 0 heterocycles. The highest BCUT2D eigenvalue weighted by molar-refractivity contribution is 6.33. The minimum atomic E-state index is -0.380. The van der Waals surface area contributed by atoms with Gasteiger partial charge in [0.1, 0.15) is 6.04 Å². The molecule has 0 bridgehead atoms. The normalized spacial score (nSPS) is 11.9. The zero-order chi connectivity index (χ0) is 19.1. The Morgan fingerprint density at radius 2 is 1.62 bits per heavy atom. The summed E-state index contributed by atoms with van der Waals surface area (Å²) in [5.74, 6) is -0.363. The van der Waals surface area contributed by atoms with Crippen LogP contribution in [0.5, 0.6) is 0 Å². The number of amides is 2. The Kier molecular flexibility index (Phi) is 7.18. The molecule has 26 heavy (non-hydrogen) atoms. The second-order valence-electron chi connectivity index (χ2n) is 6.30. The third-order valence-electron chi connectivity index (χ3n) is 3.99. The fraction of sp³-hybridized carbons (Fsp3) is 0.300. The number of nitrogens with zero attached hydrogens (tertiary/aromatic N) is 1. The molecule has 2 N–H and O–H groups in total. The van der Waals surface area contributed by atoms with E-state index in [4.69, 9.17) is 11.6 Å². The third-order valence-corrected chi connectivity index (χ3v) is 4.32. The molecular formula is C20H24ClN3O2. The van der Waals surface area contributed by atoms with E-state index < -0.39 is 0 Å². The Hall–Kier alpha value is -2.37. The fourth-order valence-corrected chi connectivity index (χ4v) is 2.85. The molecule has 1 atom stereocenters. The van der Waals surface area contributed by atoms with Crippen LogP contribution in [0.2, 0.25) is 5.02 Å². The fourth-order valence-electron chi connectivity index (χ4n) is 2.63. The van der Waals surface area contributed by atoms with E-state index in [2.05, 4.69) is 10.6 Å². The predicted molar refractivity (Wildman–Crippen MR) is 104 cm³/mol. The van der Waals surface area contributed by atoms with Crippen LogP contribution in [0, 0.1) is 6.92 Å². The maximum atomic E-state index is 12.6. The van der Waals surface area contributed by atoms with Gasteiger partial charge in [0.05, 0.1) is 10.6 Å². The molecule has 0 aliphatic heterocycles. The SMILES string of the molecule is Cc1ccc([C@@H](C(=O)NCCNC(=O)c2ccccc2Cl)N(C)C)cc1. The van der Waals surface area contributed by atoms with Crippen molar-refractivity contribution >= 4 is 23.4 Å². The largest absolute Gasteiger partial charge is 0.353 e. The van der Waals surface area contributed by atoms with E-state index in [-0.39, 0.29) is 17.9 Å². The molecule has 0 saturated heterocycles. The lowest BCUT2D eigenvalue weighted by molar-refractivity contribution is -0.125. The number of rotatable bonds is 7. The molecule has 0 radical (unpaired) electrons. The molecule has 0 saturated carbocycles. The quantitative estimate of drug-likeness (QED) is 0.733. The number of aryl methyl sites for hydroxylation is 1. The van der Waals surface area contributed by atoms with Gasteiger partial charge < -0.3 is 10.6 Å². The summed E-state index contributed by atoms with van der Waals surface area (Å²) >= 11 is 6.00. The Labute approximate surface area is 159 Å². The lowest BCUT2D eigenvalue weighted by Crippen LogP contribution is -2.40. The molecule has 2 amide bonds. The first-order valence-electron chi connectivity index (χ1n) is 8.43. The lowest BCUT2D eigenvalue weighted by Gasteiger charge is -2.24. The Morgan fingerprint density at radius 1 is 1.00 bits per heavy atom. The van der Waals surface area contributed by atoms with Crippen LogP contribution in [-0.4, -0.2) is 43.9 Å². The minimum absolute atomic E-state index is 0.106. The molecular weight excluding hydrogens is 350 g/mol. The first-order chi connectivity index (χ1) is 12.4. The van der Waals surface area contributed by atoms with Crippen LogP contribution < -0.4 is 10.6 Å². The number of carbonyl (C=O) groups is 2. The van der Waals surface area contributed by atoms with E-state index in [1.807, 2.05) is 50.2 Å². The average molecular weight is 374 g/mol. The summed E-state index contributed by atoms with van der Waals surface area (Å²) in [5.41, 5.74) is 2.50. The highest BCUT2D eigenvalue weighted by Gasteiger charge is 2.22. The van der Waals surface area contributed by atoms with Gasteiger partial charge in [0.25, 0.3) is 5.91 Å². The molecule has 0 aliphatic carbocycles. The van der Waals surface area contributed by atoms with Crippen molar-refractivity contribution in [3.8, 4) is 0 Å². The van der Waals surface area contributed by atoms with Crippen LogP contribution in [0.4, 0.5) is 0 Å². The van der Waals surface area contributed by atoms with E-state index in [0.29, 0.717) is 23.7 Å². The molecule has 2 aromatic carbocycles. The van der Waals surface area contributed by atoms with Gasteiger partial charge in [0.2, 0.25) is 5.91 Å². The van der Waals surface area contributed by atoms with E-state index in [9.17, 15) is 9.59 Å². The van der Waals surface area contributed by atoms with E-state index >= 15 is 0 Å². The maximum Gasteiger partial charge on any atom is 0.252 e. The molecule has 2 aromatic rings. The van der Waals surface area contributed by atoms with Crippen LogP contribution in [-0.2, 0) is 4.79 Å². The van der Waals surface area contributed by atoms with E-state index in [0.717, 1.165) is 11.1 Å². The number of carbonyl (C=O) groups excluding carboxylic acids is 2. The van der Waals surface area contributed by atoms with Crippen molar-refractivity contribution in [3.63, 3.8) is 0 Å². The van der Waals surface area contributed by atoms with Gasteiger partial charge in [-0.1, -0.05) is 53.6 Å². The zero-order valence-corrected chi connectivity index (χ0v) is 16.0. The van der Waals surface area contributed by atoms with Crippen LogP contribution in [0.15, 0.2) is 48.5 Å². The maximum absolute atomic E-state index is 12.6. The van der Waals surface area contributed by atoms with Crippen LogP contribution in [0.1, 0.15) is 27.5 Å². The summed E-state index contributed by atoms with van der Waals surface area (Å²) in [6.07, 6.45) is 0. The minimum Gasteiger partial charge on any atom is -0.353 e. The number of halogens is 1. The highest BCUT2D eigenvalue weighted by atomic mass is 35.5. The van der Waals surface area contributed by atoms with Gasteiger partial charge in [0, 0.05) is 13.1 Å². The van der Waals surface area contributed by atoms with Crippen molar-refractivity contribution in [2.24, 2.45) is 0 Å². The molecule has 0 spiro atoms. The topological polar surface area (TPSA) is 61.4 Å². The molecule has 0 aliphatic rings. The van der Waals surface area contributed by atoms with Crippen molar-refractivity contribution in [1.29, 1.82) is 0 Å². The standard InChI is InChI=1S/C20H24ClN3O2/c1-14-8-10-15(11-9-14)18(24(2)3)20(26)23-13-12-22-19(25)16-6-4-5-7-17(16)21/h4-11,18H,12-13H2,1-3H3,(H,22,25)(H,23,26)/t18-/m0/s1. The number of hydrogen-bond acceptors (Lipinski definition) is 3. The van der Waals surface area contributed by atoms with Gasteiger partial charge in [-0.05, 0) is 38.7 Å². The third kappa shape index (κ3) is 5.31. The van der Waals surface area contributed by atoms with Crippen LogP contribution >= 0.6 is 11.6 Å². The lowest BCUT2D eigenvalue weighted by atomic mass is 10.0. The summed E-state index contributed by atoms with van der Waals surface area (Å²) in [7, 11) is 3.73. The van der Waals surface area contributed by atoms with Crippen LogP contribution in [0.3, 0.4) is 0 Å². The molecule has 0 unspecified atom stereocenters. The van der Waals surface area contributed by atoms with Crippen molar-refractivity contribution in [2.75, 3.05) is 27.2 Å². The second-order valence-corrected chi connectivity index (χ2v) is 6.71. The van der Waals surface area contributed by atoms with E-state index in [1.54, 1.807) is 24.3 Å². The number of nitrogens with one attached hydrogen (secondary N) is 2. The molecule has 2 rings (SSSR count). The van der Waals surface area contributed by atoms with Gasteiger partial charge in [-0.15, -0.1) is 0 Å². The van der Waals surface area contributed by atoms with Crippen molar-refractivity contribution in [1.82, 2.24) is 15.5 Å². The van der Waals surface area contributed by atoms with Gasteiger partial charge in [-0.25, -0.2) is 0 Å². The van der Waals surface area contributed by atoms with Crippen molar-refractivity contribution in [3.05, 3.63) is 70.2 Å². The molecule has 0 fully saturated rings. The number of likely N-dealkylation sites (N-methyl/N-ethyl adjacent to an activating group) is 1. The molecule has 5 nitrogen and oxygen atoms in total. The summed E-state index contributed by atoms with van der Waals surface area (Å²) in [6.45, 7) is 2.67. The predicted octanol–water partition coefficient (Wildman–Crippen LogP) is 2.80. The zero-order valence-electron chi connectivity index (χ0n) is 15.3. The van der Waals surface area contributed by atoms with Gasteiger partial charge in [-0.2, -0.15) is 0 Å². The summed E-state index contributed by atoms with van der Waals surface area (Å²) in [5, 5.41) is 6.03. The number of hydrogen-bond donors (Lipinski definition) is 2. The first kappa shape index (κ1) is 19.9. The van der Waals surface area contributed by atoms with Crippen molar-refractivity contribution in [2.45, 2.75) is 13.0 Å². The Balaban J connectivity index is 1.87. The summed E-state index contributed by atoms with van der Waals surface area (Å²) < 4.78 is 0. The Bertz CT molecular complexity index is 760. The van der Waals surface area contributed by atoms with Crippen LogP contribution in [0.25, 0.3) is 0 Å². The van der Waals surface area contributed by atoms with Crippen molar-refractivity contribution < 1.29 is 9.59 Å². The smallest absolute Gasteiger partial charge is 0.252 e. The number of benzene rings is 2. The Morgan fingerprint density at radius 3 is 2.23 bits per heavy atom. The average Bonchev–Trinajstić information content (AvgIpc) is 2.60. The first-order valence-corrected chi connectivity index (χ1v) is 8.81. The molecule has 0 aromatic heterocycles.